The normalized spacial score (nSPS) is 12.5. The fraction of sp³-hybridized carbons (Fsp3) is 0.889. The molecule has 0 aliphatic rings. The Labute approximate surface area is 171 Å². The highest BCUT2D eigenvalue weighted by molar-refractivity contribution is 14.0. The second-order valence-corrected chi connectivity index (χ2v) is 5.88. The molecule has 0 rings (SSSR count). The second-order valence-electron chi connectivity index (χ2n) is 5.88. The van der Waals surface area contributed by atoms with Gasteiger partial charge in [-0.3, -0.25) is 9.79 Å². The van der Waals surface area contributed by atoms with Crippen molar-refractivity contribution in [3.05, 3.63) is 0 Å². The van der Waals surface area contributed by atoms with Crippen LogP contribution in [-0.2, 0) is 9.53 Å². The smallest absolute Gasteiger partial charge is 0.305 e. The van der Waals surface area contributed by atoms with Gasteiger partial charge in [0, 0.05) is 25.6 Å². The highest BCUT2D eigenvalue weighted by Crippen LogP contribution is 2.00. The minimum atomic E-state index is -0.143. The fourth-order valence-corrected chi connectivity index (χ4v) is 2.43. The Morgan fingerprint density at radius 3 is 2.40 bits per heavy atom. The molecule has 6 nitrogen and oxygen atoms in total. The van der Waals surface area contributed by atoms with Crippen LogP contribution in [0.1, 0.15) is 60.3 Å². The molecule has 0 aromatic heterocycles. The third-order valence-electron chi connectivity index (χ3n) is 3.85. The molecule has 0 aromatic rings. The average Bonchev–Trinajstić information content (AvgIpc) is 2.56. The van der Waals surface area contributed by atoms with Gasteiger partial charge < -0.3 is 20.3 Å². The Bertz CT molecular complexity index is 350. The Morgan fingerprint density at radius 1 is 1.16 bits per heavy atom. The lowest BCUT2D eigenvalue weighted by atomic mass is 10.2. The molecule has 0 spiro atoms. The Hall–Kier alpha value is -0.570. The van der Waals surface area contributed by atoms with Crippen LogP contribution < -0.4 is 10.6 Å². The highest BCUT2D eigenvalue weighted by atomic mass is 127. The number of hydrogen-bond donors (Lipinski definition) is 2. The first-order valence-electron chi connectivity index (χ1n) is 9.50. The molecule has 0 aromatic carbocycles. The minimum absolute atomic E-state index is 0. The summed E-state index contributed by atoms with van der Waals surface area (Å²) in [4.78, 5) is 18.3. The van der Waals surface area contributed by atoms with Gasteiger partial charge in [0.25, 0.3) is 0 Å². The molecule has 0 amide bonds. The van der Waals surface area contributed by atoms with Gasteiger partial charge in [-0.05, 0) is 59.7 Å². The van der Waals surface area contributed by atoms with Gasteiger partial charge >= 0.3 is 5.97 Å². The van der Waals surface area contributed by atoms with Crippen LogP contribution in [0.3, 0.4) is 0 Å². The van der Waals surface area contributed by atoms with Crippen molar-refractivity contribution in [2.45, 2.75) is 66.3 Å². The number of carbonyl (C=O) groups excluding carboxylic acids is 1. The van der Waals surface area contributed by atoms with E-state index in [2.05, 4.69) is 48.2 Å². The van der Waals surface area contributed by atoms with Crippen molar-refractivity contribution in [1.82, 2.24) is 15.5 Å². The summed E-state index contributed by atoms with van der Waals surface area (Å²) in [6, 6.07) is 0.378. The molecule has 0 fully saturated rings. The van der Waals surface area contributed by atoms with Gasteiger partial charge in [0.2, 0.25) is 0 Å². The molecule has 0 saturated carbocycles. The molecule has 150 valence electrons. The van der Waals surface area contributed by atoms with E-state index in [4.69, 9.17) is 4.74 Å². The third kappa shape index (κ3) is 15.4. The first-order valence-corrected chi connectivity index (χ1v) is 9.50. The first-order chi connectivity index (χ1) is 11.6. The van der Waals surface area contributed by atoms with Crippen LogP contribution in [0.25, 0.3) is 0 Å². The average molecular weight is 470 g/mol. The second kappa shape index (κ2) is 18.2. The van der Waals surface area contributed by atoms with Crippen molar-refractivity contribution < 1.29 is 9.53 Å². The summed E-state index contributed by atoms with van der Waals surface area (Å²) in [6.45, 7) is 15.7. The van der Waals surface area contributed by atoms with Crippen LogP contribution in [0.4, 0.5) is 0 Å². The SMILES string of the molecule is CCNC(=NCCCC(=O)OCC)NC(C)CCCN(CC)CC.I. The number of carbonyl (C=O) groups is 1. The highest BCUT2D eigenvalue weighted by Gasteiger charge is 2.07. The van der Waals surface area contributed by atoms with E-state index in [1.807, 2.05) is 6.92 Å². The molecule has 1 unspecified atom stereocenters. The summed E-state index contributed by atoms with van der Waals surface area (Å²) in [7, 11) is 0. The van der Waals surface area contributed by atoms with E-state index in [1.54, 1.807) is 0 Å². The summed E-state index contributed by atoms with van der Waals surface area (Å²) in [6.07, 6.45) is 3.43. The van der Waals surface area contributed by atoms with E-state index < -0.39 is 0 Å². The number of nitrogens with one attached hydrogen (secondary N) is 2. The Balaban J connectivity index is 0. The van der Waals surface area contributed by atoms with E-state index >= 15 is 0 Å². The van der Waals surface area contributed by atoms with E-state index in [1.165, 1.54) is 6.42 Å². The van der Waals surface area contributed by atoms with Crippen molar-refractivity contribution in [3.63, 3.8) is 0 Å². The van der Waals surface area contributed by atoms with Crippen molar-refractivity contribution >= 4 is 35.9 Å². The summed E-state index contributed by atoms with van der Waals surface area (Å²) >= 11 is 0. The number of ether oxygens (including phenoxy) is 1. The lowest BCUT2D eigenvalue weighted by molar-refractivity contribution is -0.143. The lowest BCUT2D eigenvalue weighted by Crippen LogP contribution is -2.42. The van der Waals surface area contributed by atoms with Crippen LogP contribution in [0.2, 0.25) is 0 Å². The number of rotatable bonds is 13. The first kappa shape index (κ1) is 26.7. The van der Waals surface area contributed by atoms with Crippen molar-refractivity contribution in [2.24, 2.45) is 4.99 Å². The van der Waals surface area contributed by atoms with Crippen LogP contribution in [0.5, 0.6) is 0 Å². The monoisotopic (exact) mass is 470 g/mol. The maximum Gasteiger partial charge on any atom is 0.305 e. The van der Waals surface area contributed by atoms with Crippen molar-refractivity contribution in [1.29, 1.82) is 0 Å². The minimum Gasteiger partial charge on any atom is -0.466 e. The largest absolute Gasteiger partial charge is 0.466 e. The number of halogens is 1. The molecule has 7 heteroatoms. The van der Waals surface area contributed by atoms with Gasteiger partial charge in [0.05, 0.1) is 6.61 Å². The van der Waals surface area contributed by atoms with Gasteiger partial charge in [0.15, 0.2) is 5.96 Å². The molecule has 2 N–H and O–H groups in total. The van der Waals surface area contributed by atoms with Gasteiger partial charge in [-0.25, -0.2) is 0 Å². The summed E-state index contributed by atoms with van der Waals surface area (Å²) in [5.74, 6) is 0.687. The van der Waals surface area contributed by atoms with Crippen molar-refractivity contribution in [2.75, 3.05) is 39.3 Å². The van der Waals surface area contributed by atoms with Crippen LogP contribution in [0.15, 0.2) is 4.99 Å². The van der Waals surface area contributed by atoms with Crippen molar-refractivity contribution in [3.8, 4) is 0 Å². The molecule has 0 bridgehead atoms. The Morgan fingerprint density at radius 2 is 1.84 bits per heavy atom. The number of hydrogen-bond acceptors (Lipinski definition) is 4. The molecule has 0 radical (unpaired) electrons. The zero-order chi connectivity index (χ0) is 18.2. The Kier molecular flexibility index (Phi) is 19.4. The quantitative estimate of drug-likeness (QED) is 0.143. The number of aliphatic imine (C=N–C) groups is 1. The molecule has 25 heavy (non-hydrogen) atoms. The maximum absolute atomic E-state index is 11.3. The zero-order valence-corrected chi connectivity index (χ0v) is 19.1. The summed E-state index contributed by atoms with van der Waals surface area (Å²) in [5.41, 5.74) is 0. The van der Waals surface area contributed by atoms with Crippen LogP contribution >= 0.6 is 24.0 Å². The molecular formula is C18H39IN4O2. The van der Waals surface area contributed by atoms with Crippen LogP contribution in [0, 0.1) is 0 Å². The molecule has 0 saturated heterocycles. The summed E-state index contributed by atoms with van der Waals surface area (Å²) < 4.78 is 4.92. The molecule has 0 aliphatic heterocycles. The fourth-order valence-electron chi connectivity index (χ4n) is 2.43. The van der Waals surface area contributed by atoms with E-state index in [-0.39, 0.29) is 29.9 Å². The molecular weight excluding hydrogens is 431 g/mol. The molecule has 1 atom stereocenters. The predicted molar refractivity (Wildman–Crippen MR) is 117 cm³/mol. The standard InChI is InChI=1S/C18H38N4O2.HI/c1-6-19-18(20-14-10-13-17(23)24-9-4)21-16(5)12-11-15-22(7-2)8-3;/h16H,6-15H2,1-5H3,(H2,19,20,21);1H. The molecule has 0 aliphatic carbocycles. The van der Waals surface area contributed by atoms with Gasteiger partial charge in [-0.2, -0.15) is 0 Å². The van der Waals surface area contributed by atoms with Gasteiger partial charge in [-0.1, -0.05) is 13.8 Å². The van der Waals surface area contributed by atoms with Gasteiger partial charge in [0.1, 0.15) is 0 Å². The lowest BCUT2D eigenvalue weighted by Gasteiger charge is -2.21. The maximum atomic E-state index is 11.3. The van der Waals surface area contributed by atoms with E-state index in [0.717, 1.165) is 38.6 Å². The number of nitrogens with zero attached hydrogens (tertiary/aromatic N) is 2. The number of esters is 1. The topological polar surface area (TPSA) is 66.0 Å². The predicted octanol–water partition coefficient (Wildman–Crippen LogP) is 3.01. The number of guanidine groups is 1. The molecule has 0 heterocycles. The van der Waals surface area contributed by atoms with Crippen LogP contribution in [-0.4, -0.2) is 62.2 Å². The van der Waals surface area contributed by atoms with Gasteiger partial charge in [-0.15, -0.1) is 24.0 Å². The zero-order valence-electron chi connectivity index (χ0n) is 16.8. The third-order valence-corrected chi connectivity index (χ3v) is 3.85. The van der Waals surface area contributed by atoms with E-state index in [9.17, 15) is 4.79 Å². The van der Waals surface area contributed by atoms with E-state index in [0.29, 0.717) is 32.0 Å². The summed E-state index contributed by atoms with van der Waals surface area (Å²) in [5, 5.41) is 6.71.